The van der Waals surface area contributed by atoms with E-state index in [0.717, 1.165) is 10.6 Å². The lowest BCUT2D eigenvalue weighted by Crippen LogP contribution is -2.48. The Bertz CT molecular complexity index is 1160. The summed E-state index contributed by atoms with van der Waals surface area (Å²) in [6.45, 7) is -0.110. The van der Waals surface area contributed by atoms with Gasteiger partial charge in [0.15, 0.2) is 5.54 Å². The highest BCUT2D eigenvalue weighted by Gasteiger charge is 2.55. The molecule has 1 spiro atoms. The molecule has 2 aliphatic heterocycles. The Hall–Kier alpha value is -4.28. The Kier molecular flexibility index (Phi) is 4.35. The number of nitrogens with one attached hydrogen (secondary N) is 2. The minimum absolute atomic E-state index is 0.288. The smallest absolute Gasteiger partial charge is 0.325 e. The summed E-state index contributed by atoms with van der Waals surface area (Å²) in [6.07, 6.45) is 1.75. The van der Waals surface area contributed by atoms with Gasteiger partial charge in [0, 0.05) is 17.7 Å². The molecule has 31 heavy (non-hydrogen) atoms. The Morgan fingerprint density at radius 3 is 2.74 bits per heavy atom. The third kappa shape index (κ3) is 3.16. The van der Waals surface area contributed by atoms with E-state index in [4.69, 9.17) is 4.74 Å². The van der Waals surface area contributed by atoms with Crippen molar-refractivity contribution in [2.45, 2.75) is 12.0 Å². The van der Waals surface area contributed by atoms with Gasteiger partial charge < -0.3 is 15.4 Å². The number of rotatable bonds is 4. The van der Waals surface area contributed by atoms with Crippen molar-refractivity contribution < 1.29 is 19.1 Å². The van der Waals surface area contributed by atoms with Crippen LogP contribution in [0.2, 0.25) is 0 Å². The predicted molar refractivity (Wildman–Crippen MR) is 106 cm³/mol. The van der Waals surface area contributed by atoms with Gasteiger partial charge in [-0.3, -0.25) is 14.5 Å². The molecule has 1 saturated heterocycles. The molecule has 0 radical (unpaired) electrons. The number of hydrogen-bond acceptors (Lipinski definition) is 7. The second kappa shape index (κ2) is 7.20. The van der Waals surface area contributed by atoms with Crippen molar-refractivity contribution in [3.63, 3.8) is 0 Å². The van der Waals surface area contributed by atoms with Crippen LogP contribution >= 0.6 is 0 Å². The normalized spacial score (nSPS) is 19.7. The zero-order valence-corrected chi connectivity index (χ0v) is 16.2. The Morgan fingerprint density at radius 1 is 1.16 bits per heavy atom. The van der Waals surface area contributed by atoms with E-state index in [-0.39, 0.29) is 6.61 Å². The molecule has 5 rings (SSSR count). The van der Waals surface area contributed by atoms with E-state index in [1.165, 1.54) is 11.0 Å². The van der Waals surface area contributed by atoms with Crippen molar-refractivity contribution >= 4 is 23.5 Å². The van der Waals surface area contributed by atoms with Gasteiger partial charge in [0.25, 0.3) is 5.91 Å². The van der Waals surface area contributed by atoms with Crippen LogP contribution in [0.25, 0.3) is 5.69 Å². The Labute approximate surface area is 176 Å². The van der Waals surface area contributed by atoms with Gasteiger partial charge in [-0.05, 0) is 40.8 Å². The third-order valence-electron chi connectivity index (χ3n) is 5.32. The molecule has 3 heterocycles. The lowest BCUT2D eigenvalue weighted by molar-refractivity contribution is -0.135. The molecular formula is C20H17N7O4. The minimum atomic E-state index is -1.21. The maximum atomic E-state index is 13.2. The van der Waals surface area contributed by atoms with Gasteiger partial charge in [-0.2, -0.15) is 0 Å². The number of carbonyl (C=O) groups is 3. The number of para-hydroxylation sites is 1. The highest BCUT2D eigenvalue weighted by atomic mass is 16.5. The quantitative estimate of drug-likeness (QED) is 0.599. The third-order valence-corrected chi connectivity index (χ3v) is 5.32. The number of tetrazole rings is 1. The van der Waals surface area contributed by atoms with Gasteiger partial charge in [-0.1, -0.05) is 18.2 Å². The Morgan fingerprint density at radius 2 is 1.97 bits per heavy atom. The molecule has 0 aliphatic carbocycles. The lowest BCUT2D eigenvalue weighted by atomic mass is 9.84. The van der Waals surface area contributed by atoms with E-state index < -0.39 is 29.9 Å². The summed E-state index contributed by atoms with van der Waals surface area (Å²) >= 11 is 0. The fourth-order valence-electron chi connectivity index (χ4n) is 3.84. The molecule has 2 aromatic carbocycles. The Balaban J connectivity index is 1.30. The summed E-state index contributed by atoms with van der Waals surface area (Å²) in [5.74, 6) is -0.398. The molecular weight excluding hydrogens is 402 g/mol. The van der Waals surface area contributed by atoms with Crippen molar-refractivity contribution in [1.29, 1.82) is 0 Å². The van der Waals surface area contributed by atoms with E-state index >= 15 is 0 Å². The van der Waals surface area contributed by atoms with E-state index in [9.17, 15) is 14.4 Å². The van der Waals surface area contributed by atoms with E-state index in [0.29, 0.717) is 23.4 Å². The van der Waals surface area contributed by atoms with Gasteiger partial charge in [0.05, 0.1) is 12.3 Å². The first-order valence-electron chi connectivity index (χ1n) is 9.56. The van der Waals surface area contributed by atoms with Crippen molar-refractivity contribution in [1.82, 2.24) is 30.4 Å². The number of fused-ring (bicyclic) bond motifs is 2. The molecule has 4 amide bonds. The van der Waals surface area contributed by atoms with Gasteiger partial charge in [0.1, 0.15) is 18.6 Å². The van der Waals surface area contributed by atoms with Crippen LogP contribution in [0.1, 0.15) is 12.0 Å². The predicted octanol–water partition coefficient (Wildman–Crippen LogP) is 0.831. The highest BCUT2D eigenvalue weighted by Crippen LogP contribution is 2.40. The summed E-state index contributed by atoms with van der Waals surface area (Å²) in [7, 11) is 0. The molecule has 0 bridgehead atoms. The van der Waals surface area contributed by atoms with Gasteiger partial charge in [-0.15, -0.1) is 5.10 Å². The van der Waals surface area contributed by atoms with Crippen LogP contribution in [-0.2, 0) is 15.1 Å². The van der Waals surface area contributed by atoms with Crippen LogP contribution in [0.5, 0.6) is 5.75 Å². The summed E-state index contributed by atoms with van der Waals surface area (Å²) < 4.78 is 7.09. The number of urea groups is 1. The minimum Gasteiger partial charge on any atom is -0.493 e. The van der Waals surface area contributed by atoms with Gasteiger partial charge >= 0.3 is 6.03 Å². The number of aromatic nitrogens is 4. The molecule has 0 unspecified atom stereocenters. The number of amides is 4. The number of nitrogens with zero attached hydrogens (tertiary/aromatic N) is 5. The number of carbonyl (C=O) groups excluding carboxylic acids is 3. The van der Waals surface area contributed by atoms with Crippen LogP contribution < -0.4 is 15.4 Å². The SMILES string of the molecule is O=C(CN1C(=O)N[C@@]2(CCOc3ccccc32)C1=O)Nc1ccc(-n2cnnn2)cc1. The van der Waals surface area contributed by atoms with Crippen molar-refractivity contribution in [3.8, 4) is 11.4 Å². The van der Waals surface area contributed by atoms with Crippen LogP contribution in [0, 0.1) is 0 Å². The monoisotopic (exact) mass is 419 g/mol. The zero-order valence-electron chi connectivity index (χ0n) is 16.2. The molecule has 2 aliphatic rings. The molecule has 1 fully saturated rings. The van der Waals surface area contributed by atoms with Crippen LogP contribution in [0.15, 0.2) is 54.9 Å². The number of benzene rings is 2. The number of imide groups is 1. The first-order valence-corrected chi connectivity index (χ1v) is 9.56. The fraction of sp³-hybridized carbons (Fsp3) is 0.200. The van der Waals surface area contributed by atoms with Crippen LogP contribution in [0.3, 0.4) is 0 Å². The molecule has 11 nitrogen and oxygen atoms in total. The van der Waals surface area contributed by atoms with Gasteiger partial charge in [-0.25, -0.2) is 9.48 Å². The summed E-state index contributed by atoms with van der Waals surface area (Å²) in [4.78, 5) is 39.3. The fourth-order valence-corrected chi connectivity index (χ4v) is 3.84. The van der Waals surface area contributed by atoms with Crippen molar-refractivity contribution in [2.75, 3.05) is 18.5 Å². The van der Waals surface area contributed by atoms with E-state index in [1.807, 2.05) is 0 Å². The van der Waals surface area contributed by atoms with E-state index in [1.54, 1.807) is 48.5 Å². The molecule has 1 aromatic heterocycles. The summed E-state index contributed by atoms with van der Waals surface area (Å²) in [5, 5.41) is 16.4. The number of ether oxygens (including phenoxy) is 1. The van der Waals surface area contributed by atoms with Gasteiger partial charge in [0.2, 0.25) is 5.91 Å². The van der Waals surface area contributed by atoms with Crippen molar-refractivity contribution in [3.05, 3.63) is 60.4 Å². The first kappa shape index (κ1) is 18.7. The number of anilines is 1. The maximum Gasteiger partial charge on any atom is 0.325 e. The van der Waals surface area contributed by atoms with Crippen LogP contribution in [-0.4, -0.2) is 56.1 Å². The van der Waals surface area contributed by atoms with Crippen molar-refractivity contribution in [2.24, 2.45) is 0 Å². The largest absolute Gasteiger partial charge is 0.493 e. The zero-order chi connectivity index (χ0) is 21.4. The summed E-state index contributed by atoms with van der Waals surface area (Å²) in [6, 6.07) is 13.3. The second-order valence-corrected chi connectivity index (χ2v) is 7.17. The average molecular weight is 419 g/mol. The topological polar surface area (TPSA) is 131 Å². The molecule has 1 atom stereocenters. The standard InChI is InChI=1S/C20H17N7O4/c28-17(22-13-5-7-14(8-6-13)27-12-21-24-25-27)11-26-18(29)20(23-19(26)30)9-10-31-16-4-2-1-3-15(16)20/h1-8,12H,9-11H2,(H,22,28)(H,23,30)/t20-/m1/s1. The second-order valence-electron chi connectivity index (χ2n) is 7.17. The average Bonchev–Trinajstić information content (AvgIpc) is 3.39. The highest BCUT2D eigenvalue weighted by molar-refractivity contribution is 6.10. The number of hydrogen-bond donors (Lipinski definition) is 2. The van der Waals surface area contributed by atoms with E-state index in [2.05, 4.69) is 26.2 Å². The molecule has 3 aromatic rings. The molecule has 156 valence electrons. The lowest BCUT2D eigenvalue weighted by Gasteiger charge is -2.33. The maximum absolute atomic E-state index is 13.2. The van der Waals surface area contributed by atoms with Crippen LogP contribution in [0.4, 0.5) is 10.5 Å². The first-order chi connectivity index (χ1) is 15.1. The summed E-state index contributed by atoms with van der Waals surface area (Å²) in [5.41, 5.74) is 0.623. The molecule has 0 saturated carbocycles. The molecule has 11 heteroatoms. The molecule has 2 N–H and O–H groups in total.